The van der Waals surface area contributed by atoms with E-state index in [1.54, 1.807) is 0 Å². The van der Waals surface area contributed by atoms with E-state index in [1.807, 2.05) is 0 Å². The summed E-state index contributed by atoms with van der Waals surface area (Å²) in [6, 6.07) is 0.497. The molecular weight excluding hydrogens is 198 g/mol. The fourth-order valence-corrected chi connectivity index (χ4v) is 3.70. The summed E-state index contributed by atoms with van der Waals surface area (Å²) in [6.07, 6.45) is 10.9. The van der Waals surface area contributed by atoms with Gasteiger partial charge in [0, 0.05) is 11.6 Å². The summed E-state index contributed by atoms with van der Waals surface area (Å²) in [4.78, 5) is 2.44. The van der Waals surface area contributed by atoms with Gasteiger partial charge in [0.1, 0.15) is 0 Å². The summed E-state index contributed by atoms with van der Waals surface area (Å²) in [6.45, 7) is 0. The van der Waals surface area contributed by atoms with Crippen molar-refractivity contribution in [3.05, 3.63) is 0 Å². The average Bonchev–Trinajstić information content (AvgIpc) is 2.23. The van der Waals surface area contributed by atoms with Gasteiger partial charge in [0.2, 0.25) is 0 Å². The molecule has 16 heavy (non-hydrogen) atoms. The largest absolute Gasteiger partial charge is 0.302 e. The molecule has 0 aromatic rings. The van der Waals surface area contributed by atoms with Gasteiger partial charge in [0.25, 0.3) is 0 Å². The number of nitrogens with two attached hydrogens (primary N) is 1. The van der Waals surface area contributed by atoms with Crippen molar-refractivity contribution in [3.8, 4) is 0 Å². The Bertz CT molecular complexity index is 217. The van der Waals surface area contributed by atoms with Crippen LogP contribution in [0.25, 0.3) is 0 Å². The van der Waals surface area contributed by atoms with Crippen molar-refractivity contribution in [2.24, 2.45) is 11.8 Å². The molecule has 94 valence electrons. The second-order valence-electron chi connectivity index (χ2n) is 5.89. The number of likely N-dealkylation sites (N-methyl/N-ethyl adjacent to an activating group) is 1. The molecule has 0 aromatic heterocycles. The third-order valence-corrected chi connectivity index (χ3v) is 4.99. The number of hydrogen-bond donors (Lipinski definition) is 2. The summed E-state index contributed by atoms with van der Waals surface area (Å²) in [5, 5.41) is 0. The summed E-state index contributed by atoms with van der Waals surface area (Å²) in [5.74, 6) is 6.67. The molecule has 0 aromatic carbocycles. The van der Waals surface area contributed by atoms with Crippen molar-refractivity contribution in [1.82, 2.24) is 10.3 Å². The zero-order valence-corrected chi connectivity index (χ0v) is 10.8. The van der Waals surface area contributed by atoms with Crippen LogP contribution in [-0.4, -0.2) is 30.6 Å². The van der Waals surface area contributed by atoms with Crippen molar-refractivity contribution in [2.45, 2.75) is 62.9 Å². The molecule has 0 radical (unpaired) electrons. The highest BCUT2D eigenvalue weighted by atomic mass is 15.3. The van der Waals surface area contributed by atoms with Gasteiger partial charge in [0.05, 0.1) is 0 Å². The Hall–Kier alpha value is -0.120. The molecule has 0 bridgehead atoms. The Morgan fingerprint density at radius 2 is 1.75 bits per heavy atom. The standard InChI is InChI=1S/C13H27N3/c1-16(2)13(9-4-3-5-10-13)12(15-14)11-7-6-8-11/h11-12,15H,3-10,14H2,1-2H3. The van der Waals surface area contributed by atoms with Gasteiger partial charge >= 0.3 is 0 Å². The fraction of sp³-hybridized carbons (Fsp3) is 1.00. The van der Waals surface area contributed by atoms with Gasteiger partial charge in [-0.25, -0.2) is 0 Å². The van der Waals surface area contributed by atoms with E-state index in [0.29, 0.717) is 11.6 Å². The molecule has 0 amide bonds. The molecule has 0 saturated heterocycles. The van der Waals surface area contributed by atoms with Crippen molar-refractivity contribution in [1.29, 1.82) is 0 Å². The summed E-state index contributed by atoms with van der Waals surface area (Å²) >= 11 is 0. The van der Waals surface area contributed by atoms with E-state index in [2.05, 4.69) is 24.4 Å². The van der Waals surface area contributed by atoms with Gasteiger partial charge in [-0.1, -0.05) is 25.7 Å². The second kappa shape index (κ2) is 5.03. The highest BCUT2D eigenvalue weighted by molar-refractivity contribution is 5.04. The van der Waals surface area contributed by atoms with Gasteiger partial charge in [-0.05, 0) is 45.7 Å². The minimum Gasteiger partial charge on any atom is -0.302 e. The van der Waals surface area contributed by atoms with Gasteiger partial charge < -0.3 is 4.90 Å². The van der Waals surface area contributed by atoms with Crippen LogP contribution in [0.3, 0.4) is 0 Å². The number of nitrogens with zero attached hydrogens (tertiary/aromatic N) is 1. The van der Waals surface area contributed by atoms with E-state index in [-0.39, 0.29) is 0 Å². The summed E-state index contributed by atoms with van der Waals surface area (Å²) in [5.41, 5.74) is 3.47. The highest BCUT2D eigenvalue weighted by Gasteiger charge is 2.46. The first kappa shape index (κ1) is 12.3. The zero-order chi connectivity index (χ0) is 11.6. The van der Waals surface area contributed by atoms with Crippen LogP contribution in [-0.2, 0) is 0 Å². The lowest BCUT2D eigenvalue weighted by atomic mass is 9.66. The number of rotatable bonds is 4. The lowest BCUT2D eigenvalue weighted by Crippen LogP contribution is -2.65. The molecule has 2 fully saturated rings. The first-order valence-electron chi connectivity index (χ1n) is 6.84. The summed E-state index contributed by atoms with van der Waals surface area (Å²) in [7, 11) is 4.46. The Labute approximate surface area is 99.7 Å². The van der Waals surface area contributed by atoms with E-state index in [9.17, 15) is 0 Å². The molecule has 2 rings (SSSR count). The summed E-state index contributed by atoms with van der Waals surface area (Å²) < 4.78 is 0. The number of hydrazine groups is 1. The van der Waals surface area contributed by atoms with Gasteiger partial charge in [-0.2, -0.15) is 0 Å². The monoisotopic (exact) mass is 225 g/mol. The van der Waals surface area contributed by atoms with Crippen LogP contribution in [0.5, 0.6) is 0 Å². The zero-order valence-electron chi connectivity index (χ0n) is 10.8. The second-order valence-corrected chi connectivity index (χ2v) is 5.89. The number of hydrogen-bond acceptors (Lipinski definition) is 3. The molecule has 2 aliphatic rings. The SMILES string of the molecule is CN(C)C1(C(NN)C2CCC2)CCCCC1. The minimum atomic E-state index is 0.318. The van der Waals surface area contributed by atoms with E-state index >= 15 is 0 Å². The third kappa shape index (κ3) is 2.01. The van der Waals surface area contributed by atoms with Crippen LogP contribution in [0.15, 0.2) is 0 Å². The quantitative estimate of drug-likeness (QED) is 0.567. The Kier molecular flexibility index (Phi) is 3.88. The van der Waals surface area contributed by atoms with Crippen LogP contribution in [0.4, 0.5) is 0 Å². The molecule has 2 saturated carbocycles. The minimum absolute atomic E-state index is 0.318. The Morgan fingerprint density at radius 1 is 1.12 bits per heavy atom. The van der Waals surface area contributed by atoms with Crippen molar-refractivity contribution in [2.75, 3.05) is 14.1 Å². The highest BCUT2D eigenvalue weighted by Crippen LogP contribution is 2.42. The molecule has 1 atom stereocenters. The van der Waals surface area contributed by atoms with E-state index in [0.717, 1.165) is 5.92 Å². The van der Waals surface area contributed by atoms with Crippen molar-refractivity contribution < 1.29 is 0 Å². The molecular formula is C13H27N3. The van der Waals surface area contributed by atoms with E-state index in [4.69, 9.17) is 5.84 Å². The molecule has 0 aliphatic heterocycles. The maximum atomic E-state index is 5.86. The fourth-order valence-electron chi connectivity index (χ4n) is 3.70. The molecule has 2 aliphatic carbocycles. The van der Waals surface area contributed by atoms with Crippen LogP contribution in [0.1, 0.15) is 51.4 Å². The Morgan fingerprint density at radius 3 is 2.12 bits per heavy atom. The average molecular weight is 225 g/mol. The molecule has 3 heteroatoms. The van der Waals surface area contributed by atoms with Gasteiger partial charge in [0.15, 0.2) is 0 Å². The first-order valence-corrected chi connectivity index (χ1v) is 6.84. The topological polar surface area (TPSA) is 41.3 Å². The Balaban J connectivity index is 2.14. The first-order chi connectivity index (χ1) is 7.70. The maximum absolute atomic E-state index is 5.86. The smallest absolute Gasteiger partial charge is 0.0422 e. The van der Waals surface area contributed by atoms with Crippen molar-refractivity contribution in [3.63, 3.8) is 0 Å². The third-order valence-electron chi connectivity index (χ3n) is 4.99. The normalized spacial score (nSPS) is 27.8. The van der Waals surface area contributed by atoms with Crippen molar-refractivity contribution >= 4 is 0 Å². The molecule has 0 spiro atoms. The van der Waals surface area contributed by atoms with Crippen LogP contribution in [0, 0.1) is 5.92 Å². The molecule has 3 nitrogen and oxygen atoms in total. The molecule has 0 heterocycles. The van der Waals surface area contributed by atoms with Crippen LogP contribution < -0.4 is 11.3 Å². The van der Waals surface area contributed by atoms with E-state index < -0.39 is 0 Å². The number of nitrogens with one attached hydrogen (secondary N) is 1. The molecule has 1 unspecified atom stereocenters. The predicted molar refractivity (Wildman–Crippen MR) is 68.0 cm³/mol. The van der Waals surface area contributed by atoms with Gasteiger partial charge in [-0.15, -0.1) is 0 Å². The van der Waals surface area contributed by atoms with Crippen LogP contribution in [0.2, 0.25) is 0 Å². The van der Waals surface area contributed by atoms with E-state index in [1.165, 1.54) is 51.4 Å². The lowest BCUT2D eigenvalue weighted by molar-refractivity contribution is 0.0137. The maximum Gasteiger partial charge on any atom is 0.0422 e. The van der Waals surface area contributed by atoms with Gasteiger partial charge in [-0.3, -0.25) is 11.3 Å². The van der Waals surface area contributed by atoms with Crippen LogP contribution >= 0.6 is 0 Å². The lowest BCUT2D eigenvalue weighted by Gasteiger charge is -2.52. The predicted octanol–water partition coefficient (Wildman–Crippen LogP) is 1.88. The molecule has 3 N–H and O–H groups in total.